The first-order valence-corrected chi connectivity index (χ1v) is 12.0. The van der Waals surface area contributed by atoms with Crippen molar-refractivity contribution in [2.45, 2.75) is 96.6 Å². The van der Waals surface area contributed by atoms with Gasteiger partial charge in [-0.15, -0.1) is 0 Å². The first-order chi connectivity index (χ1) is 13.9. The molecular weight excluding hydrogens is 384 g/mol. The van der Waals surface area contributed by atoms with E-state index in [-0.39, 0.29) is 47.3 Å². The minimum atomic E-state index is -1.76. The van der Waals surface area contributed by atoms with E-state index >= 15 is 0 Å². The van der Waals surface area contributed by atoms with Crippen LogP contribution < -0.4 is 0 Å². The van der Waals surface area contributed by atoms with Crippen LogP contribution in [0.2, 0.25) is 0 Å². The van der Waals surface area contributed by atoms with E-state index in [9.17, 15) is 25.2 Å². The lowest BCUT2D eigenvalue weighted by Crippen LogP contribution is -2.68. The lowest BCUT2D eigenvalue weighted by atomic mass is 9.42. The highest BCUT2D eigenvalue weighted by molar-refractivity contribution is 5.66. The van der Waals surface area contributed by atoms with Crippen molar-refractivity contribution in [1.29, 1.82) is 0 Å². The van der Waals surface area contributed by atoms with E-state index in [1.54, 1.807) is 0 Å². The van der Waals surface area contributed by atoms with Crippen LogP contribution in [0.5, 0.6) is 0 Å². The molecule has 4 fully saturated rings. The molecule has 0 aromatic carbocycles. The Hall–Kier alpha value is -0.690. The van der Waals surface area contributed by atoms with Crippen molar-refractivity contribution < 1.29 is 30.3 Å². The maximum Gasteiger partial charge on any atom is 0.303 e. The number of carboxylic acids is 1. The monoisotopic (exact) mass is 424 g/mol. The molecule has 0 aromatic heterocycles. The highest BCUT2D eigenvalue weighted by Crippen LogP contribution is 2.69. The molecule has 4 rings (SSSR count). The van der Waals surface area contributed by atoms with Crippen LogP contribution in [0.4, 0.5) is 0 Å². The minimum Gasteiger partial charge on any atom is -0.481 e. The van der Waals surface area contributed by atoms with Gasteiger partial charge in [0.2, 0.25) is 0 Å². The summed E-state index contributed by atoms with van der Waals surface area (Å²) in [4.78, 5) is 11.1. The van der Waals surface area contributed by atoms with E-state index in [4.69, 9.17) is 5.11 Å². The van der Waals surface area contributed by atoms with Gasteiger partial charge in [0.1, 0.15) is 0 Å². The zero-order chi connectivity index (χ0) is 22.1. The number of aliphatic hydroxyl groups excluding tert-OH is 2. The maximum atomic E-state index is 11.5. The molecule has 5 N–H and O–H groups in total. The van der Waals surface area contributed by atoms with Gasteiger partial charge in [0.15, 0.2) is 5.79 Å². The molecular formula is C24H40O6. The Balaban J connectivity index is 1.66. The van der Waals surface area contributed by atoms with Crippen LogP contribution in [-0.4, -0.2) is 49.5 Å². The fraction of sp³-hybridized carbons (Fsp3) is 0.958. The van der Waals surface area contributed by atoms with E-state index in [1.807, 2.05) is 6.92 Å². The Labute approximate surface area is 179 Å². The molecule has 0 radical (unpaired) electrons. The van der Waals surface area contributed by atoms with Crippen LogP contribution in [0.25, 0.3) is 0 Å². The van der Waals surface area contributed by atoms with Crippen molar-refractivity contribution in [2.24, 2.45) is 46.3 Å². The Morgan fingerprint density at radius 3 is 2.43 bits per heavy atom. The van der Waals surface area contributed by atoms with E-state index in [1.165, 1.54) is 0 Å². The Kier molecular flexibility index (Phi) is 5.57. The summed E-state index contributed by atoms with van der Waals surface area (Å²) in [5.74, 6) is -2.14. The van der Waals surface area contributed by atoms with Crippen molar-refractivity contribution >= 4 is 5.97 Å². The van der Waals surface area contributed by atoms with Crippen LogP contribution in [-0.2, 0) is 4.79 Å². The molecule has 0 amide bonds. The molecule has 0 saturated heterocycles. The predicted molar refractivity (Wildman–Crippen MR) is 111 cm³/mol. The molecule has 0 heterocycles. The predicted octanol–water partition coefficient (Wildman–Crippen LogP) is 2.77. The van der Waals surface area contributed by atoms with Crippen molar-refractivity contribution in [2.75, 3.05) is 0 Å². The van der Waals surface area contributed by atoms with Crippen LogP contribution in [0, 0.1) is 46.3 Å². The number of fused-ring (bicyclic) bond motifs is 5. The summed E-state index contributed by atoms with van der Waals surface area (Å²) in [5, 5.41) is 53.9. The highest BCUT2D eigenvalue weighted by Gasteiger charge is 2.69. The normalized spacial score (nSPS) is 50.8. The topological polar surface area (TPSA) is 118 Å². The van der Waals surface area contributed by atoms with E-state index in [2.05, 4.69) is 13.8 Å². The van der Waals surface area contributed by atoms with Crippen LogP contribution in [0.3, 0.4) is 0 Å². The number of hydrogen-bond acceptors (Lipinski definition) is 5. The quantitative estimate of drug-likeness (QED) is 0.443. The summed E-state index contributed by atoms with van der Waals surface area (Å²) in [5.41, 5.74) is -1.09. The number of aliphatic hydroxyl groups is 4. The average Bonchev–Trinajstić information content (AvgIpc) is 3.01. The van der Waals surface area contributed by atoms with Gasteiger partial charge in [-0.25, -0.2) is 0 Å². The SMILES string of the molecule is CC(CCC(=O)O)C1CCC2C3C(O)CC4CCCC(O)(O)C4(C)C3CC(O)C12C. The maximum absolute atomic E-state index is 11.5. The number of carbonyl (C=O) groups is 1. The number of rotatable bonds is 4. The average molecular weight is 425 g/mol. The van der Waals surface area contributed by atoms with Gasteiger partial charge in [0.25, 0.3) is 0 Å². The van der Waals surface area contributed by atoms with Crippen molar-refractivity contribution in [1.82, 2.24) is 0 Å². The molecule has 10 atom stereocenters. The second kappa shape index (κ2) is 7.43. The van der Waals surface area contributed by atoms with Gasteiger partial charge < -0.3 is 25.5 Å². The van der Waals surface area contributed by atoms with Crippen LogP contribution >= 0.6 is 0 Å². The number of carboxylic acid groups (broad SMARTS) is 1. The summed E-state index contributed by atoms with van der Waals surface area (Å²) < 4.78 is 0. The molecule has 30 heavy (non-hydrogen) atoms. The van der Waals surface area contributed by atoms with Crippen LogP contribution in [0.15, 0.2) is 0 Å². The molecule has 6 nitrogen and oxygen atoms in total. The van der Waals surface area contributed by atoms with Crippen LogP contribution in [0.1, 0.15) is 78.6 Å². The standard InChI is InChI=1S/C24H40O6/c1-13(6-9-20(27)28)15-7-8-16-21-17(12-19(26)22(15,16)2)23(3)14(11-18(21)25)5-4-10-24(23,29)30/h13-19,21,25-26,29-30H,4-12H2,1-3H3,(H,27,28). The molecule has 4 aliphatic carbocycles. The summed E-state index contributed by atoms with van der Waals surface area (Å²) in [6.07, 6.45) is 4.59. The van der Waals surface area contributed by atoms with Crippen molar-refractivity contribution in [3.05, 3.63) is 0 Å². The third-order valence-electron chi connectivity index (χ3n) is 10.5. The fourth-order valence-electron chi connectivity index (χ4n) is 8.82. The lowest BCUT2D eigenvalue weighted by Gasteiger charge is -2.65. The Morgan fingerprint density at radius 1 is 1.07 bits per heavy atom. The zero-order valence-corrected chi connectivity index (χ0v) is 18.6. The molecule has 0 aromatic rings. The van der Waals surface area contributed by atoms with Gasteiger partial charge in [-0.05, 0) is 85.9 Å². The molecule has 0 bridgehead atoms. The van der Waals surface area contributed by atoms with Gasteiger partial charge in [-0.2, -0.15) is 0 Å². The van der Waals surface area contributed by atoms with Gasteiger partial charge in [0, 0.05) is 18.3 Å². The highest BCUT2D eigenvalue weighted by atomic mass is 16.5. The van der Waals surface area contributed by atoms with E-state index < -0.39 is 29.4 Å². The first kappa shape index (κ1) is 22.5. The second-order valence-electron chi connectivity index (χ2n) is 11.5. The molecule has 0 spiro atoms. The molecule has 172 valence electrons. The van der Waals surface area contributed by atoms with Gasteiger partial charge in [-0.1, -0.05) is 20.8 Å². The fourth-order valence-corrected chi connectivity index (χ4v) is 8.82. The summed E-state index contributed by atoms with van der Waals surface area (Å²) in [6, 6.07) is 0. The molecule has 4 aliphatic rings. The molecule has 4 saturated carbocycles. The number of hydrogen-bond donors (Lipinski definition) is 5. The third kappa shape index (κ3) is 3.01. The van der Waals surface area contributed by atoms with Gasteiger partial charge in [0.05, 0.1) is 12.2 Å². The largest absolute Gasteiger partial charge is 0.481 e. The van der Waals surface area contributed by atoms with Crippen molar-refractivity contribution in [3.63, 3.8) is 0 Å². The summed E-state index contributed by atoms with van der Waals surface area (Å²) >= 11 is 0. The Morgan fingerprint density at radius 2 is 1.77 bits per heavy atom. The van der Waals surface area contributed by atoms with Gasteiger partial charge >= 0.3 is 5.97 Å². The Bertz CT molecular complexity index is 679. The summed E-state index contributed by atoms with van der Waals surface area (Å²) in [7, 11) is 0. The number of aliphatic carboxylic acids is 1. The smallest absolute Gasteiger partial charge is 0.303 e. The van der Waals surface area contributed by atoms with Crippen molar-refractivity contribution in [3.8, 4) is 0 Å². The first-order valence-electron chi connectivity index (χ1n) is 12.0. The minimum absolute atomic E-state index is 0.0481. The molecule has 0 aliphatic heterocycles. The zero-order valence-electron chi connectivity index (χ0n) is 18.6. The lowest BCUT2D eigenvalue weighted by molar-refractivity contribution is -0.328. The van der Waals surface area contributed by atoms with E-state index in [0.29, 0.717) is 25.7 Å². The summed E-state index contributed by atoms with van der Waals surface area (Å²) in [6.45, 7) is 6.22. The molecule has 10 unspecified atom stereocenters. The second-order valence-corrected chi connectivity index (χ2v) is 11.5. The molecule has 6 heteroatoms. The van der Waals surface area contributed by atoms with Gasteiger partial charge in [-0.3, -0.25) is 4.79 Å². The van der Waals surface area contributed by atoms with E-state index in [0.717, 1.165) is 25.7 Å². The third-order valence-corrected chi connectivity index (χ3v) is 10.5.